The minimum Gasteiger partial charge on any atom is -0.504 e. The molecule has 0 spiro atoms. The molecule has 1 aromatic carbocycles. The number of hydrogen-bond acceptors (Lipinski definition) is 7. The molecule has 3 aromatic rings. The van der Waals surface area contributed by atoms with E-state index in [0.717, 1.165) is 0 Å². The van der Waals surface area contributed by atoms with Crippen LogP contribution in [0.1, 0.15) is 16.1 Å². The fourth-order valence-electron chi connectivity index (χ4n) is 3.30. The zero-order valence-corrected chi connectivity index (χ0v) is 16.7. The van der Waals surface area contributed by atoms with Gasteiger partial charge in [0.2, 0.25) is 0 Å². The Bertz CT molecular complexity index is 1200. The first kappa shape index (κ1) is 20.0. The second-order valence-corrected chi connectivity index (χ2v) is 9.28. The van der Waals surface area contributed by atoms with Gasteiger partial charge in [0.15, 0.2) is 21.3 Å². The van der Waals surface area contributed by atoms with Crippen molar-refractivity contribution in [2.75, 3.05) is 29.5 Å². The topological polar surface area (TPSA) is 112 Å². The monoisotopic (exact) mass is 430 g/mol. The van der Waals surface area contributed by atoms with Gasteiger partial charge in [0, 0.05) is 31.2 Å². The number of amides is 1. The molecule has 0 atom stereocenters. The number of carbonyl (C=O) groups excluding carboxylic acids is 1. The minimum atomic E-state index is -3.09. The first-order chi connectivity index (χ1) is 14.3. The van der Waals surface area contributed by atoms with Crippen molar-refractivity contribution in [2.45, 2.75) is 6.54 Å². The van der Waals surface area contributed by atoms with Gasteiger partial charge in [-0.1, -0.05) is 12.1 Å². The van der Waals surface area contributed by atoms with E-state index in [1.807, 2.05) is 0 Å². The van der Waals surface area contributed by atoms with Crippen molar-refractivity contribution in [3.63, 3.8) is 0 Å². The highest BCUT2D eigenvalue weighted by Gasteiger charge is 2.27. The van der Waals surface area contributed by atoms with Crippen LogP contribution >= 0.6 is 0 Å². The summed E-state index contributed by atoms with van der Waals surface area (Å²) in [6, 6.07) is 9.07. The van der Waals surface area contributed by atoms with Gasteiger partial charge in [-0.2, -0.15) is 0 Å². The standard InChI is InChI=1S/C20H19FN4O4S/c21-14-5-3-13(4-6-14)12-23-20(27)17-18(26)16-15(2-1-7-22-16)19(24-17)25-8-10-30(28,29)11-9-25/h1-7,26H,8-12H2,(H,23,27). The fraction of sp³-hybridized carbons (Fsp3) is 0.250. The molecule has 1 amide bonds. The van der Waals surface area contributed by atoms with E-state index in [1.54, 1.807) is 29.2 Å². The van der Waals surface area contributed by atoms with Crippen LogP contribution in [0, 0.1) is 5.82 Å². The van der Waals surface area contributed by atoms with Crippen LogP contribution in [0.2, 0.25) is 0 Å². The fourth-order valence-corrected chi connectivity index (χ4v) is 4.50. The second-order valence-electron chi connectivity index (χ2n) is 6.98. The largest absolute Gasteiger partial charge is 0.504 e. The van der Waals surface area contributed by atoms with Crippen molar-refractivity contribution >= 4 is 32.5 Å². The van der Waals surface area contributed by atoms with Crippen molar-refractivity contribution in [3.8, 4) is 5.75 Å². The number of carbonyl (C=O) groups is 1. The number of sulfone groups is 1. The molecule has 1 saturated heterocycles. The van der Waals surface area contributed by atoms with Crippen LogP contribution in [0.5, 0.6) is 5.75 Å². The Morgan fingerprint density at radius 3 is 2.57 bits per heavy atom. The number of aromatic nitrogens is 2. The van der Waals surface area contributed by atoms with Gasteiger partial charge in [0.25, 0.3) is 5.91 Å². The molecule has 10 heteroatoms. The van der Waals surface area contributed by atoms with Crippen molar-refractivity contribution in [1.82, 2.24) is 15.3 Å². The van der Waals surface area contributed by atoms with E-state index in [9.17, 15) is 22.7 Å². The molecule has 0 unspecified atom stereocenters. The van der Waals surface area contributed by atoms with Gasteiger partial charge in [-0.05, 0) is 29.8 Å². The van der Waals surface area contributed by atoms with Crippen LogP contribution in [0.15, 0.2) is 42.6 Å². The summed E-state index contributed by atoms with van der Waals surface area (Å²) in [5, 5.41) is 13.8. The Morgan fingerprint density at radius 1 is 1.17 bits per heavy atom. The number of pyridine rings is 2. The summed E-state index contributed by atoms with van der Waals surface area (Å²) >= 11 is 0. The third-order valence-electron chi connectivity index (χ3n) is 4.94. The van der Waals surface area contributed by atoms with Crippen molar-refractivity contribution in [3.05, 3.63) is 59.7 Å². The van der Waals surface area contributed by atoms with Gasteiger partial charge in [-0.25, -0.2) is 17.8 Å². The van der Waals surface area contributed by atoms with Crippen LogP contribution in [0.25, 0.3) is 10.9 Å². The van der Waals surface area contributed by atoms with Crippen molar-refractivity contribution in [2.24, 2.45) is 0 Å². The number of rotatable bonds is 4. The SMILES string of the molecule is O=C(NCc1ccc(F)cc1)c1nc(N2CCS(=O)(=O)CC2)c2cccnc2c1O. The highest BCUT2D eigenvalue weighted by Crippen LogP contribution is 2.33. The van der Waals surface area contributed by atoms with Crippen molar-refractivity contribution < 1.29 is 22.7 Å². The van der Waals surface area contributed by atoms with Crippen LogP contribution in [-0.2, 0) is 16.4 Å². The minimum absolute atomic E-state index is 0.0105. The van der Waals surface area contributed by atoms with Gasteiger partial charge in [-0.15, -0.1) is 0 Å². The second kappa shape index (κ2) is 7.86. The lowest BCUT2D eigenvalue weighted by molar-refractivity contribution is 0.0943. The maximum atomic E-state index is 13.0. The molecule has 0 aliphatic carbocycles. The van der Waals surface area contributed by atoms with Crippen LogP contribution in [0.4, 0.5) is 10.2 Å². The van der Waals surface area contributed by atoms with E-state index in [4.69, 9.17) is 0 Å². The van der Waals surface area contributed by atoms with E-state index in [0.29, 0.717) is 16.8 Å². The highest BCUT2D eigenvalue weighted by atomic mass is 32.2. The average molecular weight is 430 g/mol. The first-order valence-corrected chi connectivity index (χ1v) is 11.1. The number of benzene rings is 1. The predicted molar refractivity (Wildman–Crippen MR) is 110 cm³/mol. The predicted octanol–water partition coefficient (Wildman–Crippen LogP) is 1.64. The lowest BCUT2D eigenvalue weighted by atomic mass is 10.1. The molecule has 0 bridgehead atoms. The molecule has 0 radical (unpaired) electrons. The molecular formula is C20H19FN4O4S. The third kappa shape index (κ3) is 4.04. The quantitative estimate of drug-likeness (QED) is 0.647. The van der Waals surface area contributed by atoms with Gasteiger partial charge in [0.1, 0.15) is 17.2 Å². The Kier molecular flexibility index (Phi) is 5.25. The molecule has 30 heavy (non-hydrogen) atoms. The van der Waals surface area contributed by atoms with Crippen molar-refractivity contribution in [1.29, 1.82) is 0 Å². The molecule has 2 N–H and O–H groups in total. The molecular weight excluding hydrogens is 411 g/mol. The summed E-state index contributed by atoms with van der Waals surface area (Å²) in [6.07, 6.45) is 1.49. The Balaban J connectivity index is 1.66. The maximum Gasteiger partial charge on any atom is 0.274 e. The summed E-state index contributed by atoms with van der Waals surface area (Å²) in [7, 11) is -3.09. The lowest BCUT2D eigenvalue weighted by Crippen LogP contribution is -2.41. The Hall–Kier alpha value is -3.27. The molecule has 2 aromatic heterocycles. The summed E-state index contributed by atoms with van der Waals surface area (Å²) in [5.74, 6) is -0.964. The summed E-state index contributed by atoms with van der Waals surface area (Å²) < 4.78 is 36.6. The van der Waals surface area contributed by atoms with Gasteiger partial charge in [0.05, 0.1) is 11.5 Å². The first-order valence-electron chi connectivity index (χ1n) is 9.30. The average Bonchev–Trinajstić information content (AvgIpc) is 2.74. The highest BCUT2D eigenvalue weighted by molar-refractivity contribution is 7.91. The molecule has 3 heterocycles. The van der Waals surface area contributed by atoms with Crippen LogP contribution < -0.4 is 10.2 Å². The van der Waals surface area contributed by atoms with E-state index in [1.165, 1.54) is 18.3 Å². The molecule has 156 valence electrons. The zero-order chi connectivity index (χ0) is 21.3. The summed E-state index contributed by atoms with van der Waals surface area (Å²) in [4.78, 5) is 23.1. The number of anilines is 1. The number of nitrogens with one attached hydrogen (secondary N) is 1. The Labute approximate surface area is 172 Å². The lowest BCUT2D eigenvalue weighted by Gasteiger charge is -2.29. The van der Waals surface area contributed by atoms with E-state index in [2.05, 4.69) is 15.3 Å². The number of nitrogens with zero attached hydrogens (tertiary/aromatic N) is 3. The van der Waals surface area contributed by atoms with Crippen LogP contribution in [0.3, 0.4) is 0 Å². The van der Waals surface area contributed by atoms with Gasteiger partial charge in [-0.3, -0.25) is 9.78 Å². The molecule has 0 saturated carbocycles. The summed E-state index contributed by atoms with van der Waals surface area (Å²) in [5.41, 5.74) is 0.694. The van der Waals surface area contributed by atoms with Crippen LogP contribution in [-0.4, -0.2) is 54.0 Å². The number of aromatic hydroxyl groups is 1. The molecule has 1 fully saturated rings. The van der Waals surface area contributed by atoms with E-state index >= 15 is 0 Å². The number of halogens is 1. The molecule has 8 nitrogen and oxygen atoms in total. The van der Waals surface area contributed by atoms with Gasteiger partial charge < -0.3 is 15.3 Å². The van der Waals surface area contributed by atoms with Gasteiger partial charge >= 0.3 is 0 Å². The van der Waals surface area contributed by atoms with E-state index < -0.39 is 15.7 Å². The third-order valence-corrected chi connectivity index (χ3v) is 6.55. The Morgan fingerprint density at radius 2 is 1.87 bits per heavy atom. The number of hydrogen-bond donors (Lipinski definition) is 2. The molecule has 1 aliphatic heterocycles. The smallest absolute Gasteiger partial charge is 0.274 e. The van der Waals surface area contributed by atoms with E-state index in [-0.39, 0.29) is 53.9 Å². The molecule has 1 aliphatic rings. The molecule has 4 rings (SSSR count). The number of fused-ring (bicyclic) bond motifs is 1. The maximum absolute atomic E-state index is 13.0. The normalized spacial score (nSPS) is 15.8. The zero-order valence-electron chi connectivity index (χ0n) is 15.9. The summed E-state index contributed by atoms with van der Waals surface area (Å²) in [6.45, 7) is 0.596.